The first-order valence-electron chi connectivity index (χ1n) is 8.59. The van der Waals surface area contributed by atoms with Gasteiger partial charge in [0.25, 0.3) is 6.43 Å². The molecule has 6 heteroatoms. The molecule has 0 fully saturated rings. The summed E-state index contributed by atoms with van der Waals surface area (Å²) in [5, 5.41) is 0.456. The van der Waals surface area contributed by atoms with Gasteiger partial charge in [0, 0.05) is 24.9 Å². The molecule has 2 aromatic rings. The lowest BCUT2D eigenvalue weighted by molar-refractivity contribution is 0.187. The molecule has 0 radical (unpaired) electrons. The first-order chi connectivity index (χ1) is 12.7. The largest absolute Gasteiger partial charge is 0.342 e. The van der Waals surface area contributed by atoms with Gasteiger partial charge in [-0.15, -0.1) is 0 Å². The molecule has 0 spiro atoms. The zero-order chi connectivity index (χ0) is 19.9. The van der Waals surface area contributed by atoms with Crippen molar-refractivity contribution in [2.24, 2.45) is 0 Å². The number of rotatable bonds is 5. The van der Waals surface area contributed by atoms with E-state index < -0.39 is 6.43 Å². The number of nitrogens with zero attached hydrogens (tertiary/aromatic N) is 2. The van der Waals surface area contributed by atoms with Crippen LogP contribution in [0.4, 0.5) is 14.5 Å². The molecule has 1 unspecified atom stereocenters. The van der Waals surface area contributed by atoms with Crippen LogP contribution in [-0.4, -0.2) is 18.5 Å². The topological polar surface area (TPSA) is 16.1 Å². The highest BCUT2D eigenvalue weighted by atomic mass is 35.5. The van der Waals surface area contributed by atoms with Crippen molar-refractivity contribution < 1.29 is 8.78 Å². The van der Waals surface area contributed by atoms with Gasteiger partial charge in [-0.05, 0) is 53.8 Å². The number of allylic oxidation sites excluding steroid dienone is 3. The highest BCUT2D eigenvalue weighted by molar-refractivity contribution is 7.80. The third-order valence-corrected chi connectivity index (χ3v) is 5.62. The van der Waals surface area contributed by atoms with Gasteiger partial charge >= 0.3 is 0 Å². The van der Waals surface area contributed by atoms with E-state index in [2.05, 4.69) is 24.2 Å². The minimum absolute atomic E-state index is 0.0297. The molecule has 0 saturated carbocycles. The fourth-order valence-corrected chi connectivity index (χ4v) is 4.04. The van der Waals surface area contributed by atoms with Crippen molar-refractivity contribution in [3.8, 4) is 0 Å². The molecule has 1 aromatic carbocycles. The molecule has 1 aromatic heterocycles. The Balaban J connectivity index is 2.12. The van der Waals surface area contributed by atoms with Gasteiger partial charge in [0.2, 0.25) is 0 Å². The molecular formula is C21H21ClF2N2S. The molecule has 0 N–H and O–H groups in total. The molecule has 27 heavy (non-hydrogen) atoms. The van der Waals surface area contributed by atoms with Gasteiger partial charge in [0.15, 0.2) is 0 Å². The second kappa shape index (κ2) is 7.64. The zero-order valence-electron chi connectivity index (χ0n) is 15.4. The molecule has 2 nitrogen and oxygen atoms in total. The summed E-state index contributed by atoms with van der Waals surface area (Å²) < 4.78 is 26.4. The maximum atomic E-state index is 13.2. The Morgan fingerprint density at radius 3 is 2.67 bits per heavy atom. The van der Waals surface area contributed by atoms with E-state index in [9.17, 15) is 8.78 Å². The van der Waals surface area contributed by atoms with Crippen molar-refractivity contribution in [1.82, 2.24) is 4.98 Å². The van der Waals surface area contributed by atoms with Crippen molar-refractivity contribution >= 4 is 41.1 Å². The molecule has 0 bridgehead atoms. The van der Waals surface area contributed by atoms with E-state index in [1.54, 1.807) is 19.3 Å². The first kappa shape index (κ1) is 19.9. The molecule has 3 rings (SSSR count). The van der Waals surface area contributed by atoms with E-state index in [1.165, 1.54) is 4.90 Å². The standard InChI is InChI=1S/C21H21ClF2N2S/c1-11-14-7-8-18(22)20(26(4)12(2)21(23)24)17(14)10-16(11)19-15(13(3)27)6-5-9-25-19/h5-9,13,21,27H,2,10H2,1,3-4H3. The van der Waals surface area contributed by atoms with Crippen molar-refractivity contribution in [3.05, 3.63) is 70.1 Å². The van der Waals surface area contributed by atoms with Crippen LogP contribution in [0.3, 0.4) is 0 Å². The Kier molecular flexibility index (Phi) is 5.63. The van der Waals surface area contributed by atoms with Crippen LogP contribution in [0.15, 0.2) is 42.7 Å². The van der Waals surface area contributed by atoms with Gasteiger partial charge in [0.05, 0.1) is 22.1 Å². The number of thiol groups is 1. The molecular weight excluding hydrogens is 386 g/mol. The number of alkyl halides is 2. The van der Waals surface area contributed by atoms with Gasteiger partial charge in [-0.1, -0.05) is 30.3 Å². The second-order valence-electron chi connectivity index (χ2n) is 6.67. The van der Waals surface area contributed by atoms with Crippen LogP contribution in [0, 0.1) is 0 Å². The molecule has 1 aliphatic carbocycles. The van der Waals surface area contributed by atoms with Crippen LogP contribution in [0.5, 0.6) is 0 Å². The molecule has 1 atom stereocenters. The average molecular weight is 407 g/mol. The average Bonchev–Trinajstić information content (AvgIpc) is 2.96. The summed E-state index contributed by atoms with van der Waals surface area (Å²) in [6, 6.07) is 7.60. The van der Waals surface area contributed by atoms with Crippen molar-refractivity contribution in [2.45, 2.75) is 31.9 Å². The minimum atomic E-state index is -2.65. The van der Waals surface area contributed by atoms with Gasteiger partial charge in [-0.2, -0.15) is 12.6 Å². The molecule has 1 heterocycles. The van der Waals surface area contributed by atoms with E-state index in [0.29, 0.717) is 17.1 Å². The zero-order valence-corrected chi connectivity index (χ0v) is 17.1. The highest BCUT2D eigenvalue weighted by Crippen LogP contribution is 2.46. The summed E-state index contributed by atoms with van der Waals surface area (Å²) in [4.78, 5) is 5.98. The summed E-state index contributed by atoms with van der Waals surface area (Å²) in [5.41, 5.74) is 6.30. The SMILES string of the molecule is C=C(C(F)F)N(C)c1c(Cl)ccc2c1CC(c1ncccc1C(C)S)=C2C. The minimum Gasteiger partial charge on any atom is -0.342 e. The van der Waals surface area contributed by atoms with Crippen LogP contribution in [-0.2, 0) is 6.42 Å². The third kappa shape index (κ3) is 3.50. The number of aromatic nitrogens is 1. The van der Waals surface area contributed by atoms with Gasteiger partial charge in [0.1, 0.15) is 0 Å². The fraction of sp³-hybridized carbons (Fsp3) is 0.286. The lowest BCUT2D eigenvalue weighted by atomic mass is 10.00. The molecule has 0 aliphatic heterocycles. The fourth-order valence-electron chi connectivity index (χ4n) is 3.53. The van der Waals surface area contributed by atoms with Gasteiger partial charge < -0.3 is 4.90 Å². The normalized spacial score (nSPS) is 14.5. The third-order valence-electron chi connectivity index (χ3n) is 5.04. The predicted octanol–water partition coefficient (Wildman–Crippen LogP) is 6.43. The second-order valence-corrected chi connectivity index (χ2v) is 7.85. The summed E-state index contributed by atoms with van der Waals surface area (Å²) in [7, 11) is 1.57. The Morgan fingerprint density at radius 2 is 2.04 bits per heavy atom. The smallest absolute Gasteiger partial charge is 0.277 e. The van der Waals surface area contributed by atoms with E-state index in [4.69, 9.17) is 11.6 Å². The Hall–Kier alpha value is -1.85. The van der Waals surface area contributed by atoms with E-state index in [-0.39, 0.29) is 10.9 Å². The lowest BCUT2D eigenvalue weighted by Gasteiger charge is -2.25. The maximum Gasteiger partial charge on any atom is 0.277 e. The summed E-state index contributed by atoms with van der Waals surface area (Å²) in [6.45, 7) is 7.55. The van der Waals surface area contributed by atoms with Crippen LogP contribution in [0.2, 0.25) is 5.02 Å². The number of fused-ring (bicyclic) bond motifs is 1. The summed E-state index contributed by atoms with van der Waals surface area (Å²) >= 11 is 11.0. The van der Waals surface area contributed by atoms with Crippen LogP contribution in [0.25, 0.3) is 11.1 Å². The van der Waals surface area contributed by atoms with E-state index >= 15 is 0 Å². The number of hydrogen-bond acceptors (Lipinski definition) is 3. The molecule has 0 saturated heterocycles. The van der Waals surface area contributed by atoms with Crippen molar-refractivity contribution in [3.63, 3.8) is 0 Å². The Bertz CT molecular complexity index is 938. The molecule has 142 valence electrons. The number of hydrogen-bond donors (Lipinski definition) is 1. The van der Waals surface area contributed by atoms with Gasteiger partial charge in [-0.25, -0.2) is 8.78 Å². The van der Waals surface area contributed by atoms with E-state index in [0.717, 1.165) is 33.5 Å². The van der Waals surface area contributed by atoms with Gasteiger partial charge in [-0.3, -0.25) is 4.98 Å². The van der Waals surface area contributed by atoms with Crippen LogP contribution >= 0.6 is 24.2 Å². The highest BCUT2D eigenvalue weighted by Gasteiger charge is 2.29. The monoisotopic (exact) mass is 406 g/mol. The first-order valence-corrected chi connectivity index (χ1v) is 9.49. The quantitative estimate of drug-likeness (QED) is 0.576. The number of anilines is 1. The summed E-state index contributed by atoms with van der Waals surface area (Å²) in [5.74, 6) is 0. The molecule has 0 amide bonds. The Labute approximate surface area is 169 Å². The lowest BCUT2D eigenvalue weighted by Crippen LogP contribution is -2.22. The van der Waals surface area contributed by atoms with Crippen molar-refractivity contribution in [1.29, 1.82) is 0 Å². The summed E-state index contributed by atoms with van der Waals surface area (Å²) in [6.07, 6.45) is -0.316. The Morgan fingerprint density at radius 1 is 1.33 bits per heavy atom. The van der Waals surface area contributed by atoms with Crippen LogP contribution < -0.4 is 4.90 Å². The number of halogens is 3. The van der Waals surface area contributed by atoms with E-state index in [1.807, 2.05) is 32.0 Å². The van der Waals surface area contributed by atoms with Crippen LogP contribution in [0.1, 0.15) is 41.5 Å². The number of pyridine rings is 1. The molecule has 1 aliphatic rings. The predicted molar refractivity (Wildman–Crippen MR) is 113 cm³/mol. The number of benzene rings is 1. The van der Waals surface area contributed by atoms with Crippen molar-refractivity contribution in [2.75, 3.05) is 11.9 Å². The maximum absolute atomic E-state index is 13.2.